The van der Waals surface area contributed by atoms with Crippen LogP contribution in [0, 0.1) is 5.82 Å². The lowest BCUT2D eigenvalue weighted by Crippen LogP contribution is -2.21. The maximum absolute atomic E-state index is 13.2. The van der Waals surface area contributed by atoms with E-state index < -0.39 is 29.6 Å². The van der Waals surface area contributed by atoms with E-state index in [0.29, 0.717) is 6.07 Å². The fourth-order valence-electron chi connectivity index (χ4n) is 0.985. The molecule has 0 amide bonds. The number of rotatable bonds is 3. The van der Waals surface area contributed by atoms with Crippen LogP contribution < -0.4 is 4.74 Å². The second kappa shape index (κ2) is 4.74. The minimum atomic E-state index is -5.17. The second-order valence-electron chi connectivity index (χ2n) is 2.76. The van der Waals surface area contributed by atoms with Gasteiger partial charge in [0.05, 0.1) is 11.6 Å². The van der Waals surface area contributed by atoms with Gasteiger partial charge < -0.3 is 9.84 Å². The van der Waals surface area contributed by atoms with Gasteiger partial charge in [0.1, 0.15) is 5.82 Å². The standard InChI is InChI=1S/C8H4ClF4NO3/c9-2-3-1-4(10)5(7(15)16)6(14-3)17-8(11,12)13/h1H,2H2,(H,15,16). The van der Waals surface area contributed by atoms with E-state index in [0.717, 1.165) is 0 Å². The van der Waals surface area contributed by atoms with E-state index in [9.17, 15) is 22.4 Å². The van der Waals surface area contributed by atoms with Crippen molar-refractivity contribution in [2.45, 2.75) is 12.2 Å². The summed E-state index contributed by atoms with van der Waals surface area (Å²) in [6.45, 7) is 0. The number of hydrogen-bond acceptors (Lipinski definition) is 3. The van der Waals surface area contributed by atoms with Gasteiger partial charge in [0, 0.05) is 0 Å². The Morgan fingerprint density at radius 3 is 2.53 bits per heavy atom. The number of pyridine rings is 1. The van der Waals surface area contributed by atoms with Crippen molar-refractivity contribution >= 4 is 17.6 Å². The highest BCUT2D eigenvalue weighted by molar-refractivity contribution is 6.16. The summed E-state index contributed by atoms with van der Waals surface area (Å²) in [5.74, 6) is -5.08. The third-order valence-electron chi connectivity index (χ3n) is 1.55. The van der Waals surface area contributed by atoms with Crippen LogP contribution in [0.25, 0.3) is 0 Å². The molecule has 0 aliphatic rings. The van der Waals surface area contributed by atoms with Crippen LogP contribution >= 0.6 is 11.6 Å². The van der Waals surface area contributed by atoms with Gasteiger partial charge in [-0.3, -0.25) is 0 Å². The van der Waals surface area contributed by atoms with Crippen LogP contribution in [0.2, 0.25) is 0 Å². The molecular formula is C8H4ClF4NO3. The van der Waals surface area contributed by atoms with Crippen LogP contribution in [0.5, 0.6) is 5.88 Å². The van der Waals surface area contributed by atoms with Gasteiger partial charge in [-0.15, -0.1) is 24.8 Å². The molecule has 0 radical (unpaired) electrons. The quantitative estimate of drug-likeness (QED) is 0.679. The van der Waals surface area contributed by atoms with Crippen molar-refractivity contribution < 1.29 is 32.2 Å². The summed E-state index contributed by atoms with van der Waals surface area (Å²) >= 11 is 5.26. The SMILES string of the molecule is O=C(O)c1c(F)cc(CCl)nc1OC(F)(F)F. The lowest BCUT2D eigenvalue weighted by atomic mass is 10.2. The highest BCUT2D eigenvalue weighted by atomic mass is 35.5. The number of carboxylic acid groups (broad SMARTS) is 1. The molecule has 0 bridgehead atoms. The fraction of sp³-hybridized carbons (Fsp3) is 0.250. The number of halogens is 5. The summed E-state index contributed by atoms with van der Waals surface area (Å²) in [6, 6.07) is 0.625. The van der Waals surface area contributed by atoms with E-state index in [1.807, 2.05) is 0 Å². The van der Waals surface area contributed by atoms with E-state index in [2.05, 4.69) is 9.72 Å². The summed E-state index contributed by atoms with van der Waals surface area (Å²) in [4.78, 5) is 13.7. The maximum atomic E-state index is 13.2. The molecule has 0 fully saturated rings. The molecule has 17 heavy (non-hydrogen) atoms. The third-order valence-corrected chi connectivity index (χ3v) is 1.83. The van der Waals surface area contributed by atoms with E-state index in [4.69, 9.17) is 16.7 Å². The molecule has 1 aromatic rings. The molecule has 0 aliphatic carbocycles. The van der Waals surface area contributed by atoms with Crippen molar-refractivity contribution in [2.24, 2.45) is 0 Å². The molecule has 94 valence electrons. The Morgan fingerprint density at radius 2 is 2.12 bits per heavy atom. The Morgan fingerprint density at radius 1 is 1.53 bits per heavy atom. The van der Waals surface area contributed by atoms with Gasteiger partial charge in [-0.25, -0.2) is 14.2 Å². The van der Waals surface area contributed by atoms with Gasteiger partial charge in [0.2, 0.25) is 5.88 Å². The molecule has 1 N–H and O–H groups in total. The summed E-state index contributed by atoms with van der Waals surface area (Å²) in [5, 5.41) is 8.55. The van der Waals surface area contributed by atoms with Crippen LogP contribution in [0.1, 0.15) is 16.1 Å². The largest absolute Gasteiger partial charge is 0.574 e. The van der Waals surface area contributed by atoms with Crippen molar-refractivity contribution in [1.82, 2.24) is 4.98 Å². The lowest BCUT2D eigenvalue weighted by Gasteiger charge is -2.11. The van der Waals surface area contributed by atoms with Crippen molar-refractivity contribution in [2.75, 3.05) is 0 Å². The van der Waals surface area contributed by atoms with E-state index in [-0.39, 0.29) is 11.6 Å². The Hall–Kier alpha value is -1.57. The van der Waals surface area contributed by atoms with Gasteiger partial charge >= 0.3 is 12.3 Å². The zero-order chi connectivity index (χ0) is 13.2. The van der Waals surface area contributed by atoms with Gasteiger partial charge in [0.15, 0.2) is 5.56 Å². The number of aromatic carboxylic acids is 1. The Labute approximate surface area is 96.8 Å². The maximum Gasteiger partial charge on any atom is 0.574 e. The molecule has 0 saturated carbocycles. The van der Waals surface area contributed by atoms with Crippen molar-refractivity contribution in [3.05, 3.63) is 23.1 Å². The highest BCUT2D eigenvalue weighted by Crippen LogP contribution is 2.27. The highest BCUT2D eigenvalue weighted by Gasteiger charge is 2.35. The Balaban J connectivity index is 3.32. The van der Waals surface area contributed by atoms with E-state index in [1.165, 1.54) is 0 Å². The molecular weight excluding hydrogens is 270 g/mol. The molecule has 9 heteroatoms. The monoisotopic (exact) mass is 273 g/mol. The normalized spacial score (nSPS) is 11.4. The molecule has 0 aromatic carbocycles. The molecule has 1 rings (SSSR count). The average molecular weight is 274 g/mol. The first kappa shape index (κ1) is 13.5. The first-order chi connectivity index (χ1) is 7.74. The summed E-state index contributed by atoms with van der Waals surface area (Å²) in [5.41, 5.74) is -1.57. The van der Waals surface area contributed by atoms with Crippen LogP contribution in [0.3, 0.4) is 0 Å². The fourth-order valence-corrected chi connectivity index (χ4v) is 1.12. The van der Waals surface area contributed by atoms with Gasteiger partial charge in [-0.05, 0) is 6.07 Å². The number of carbonyl (C=O) groups is 1. The Kier molecular flexibility index (Phi) is 3.76. The molecule has 0 atom stereocenters. The van der Waals surface area contributed by atoms with Crippen LogP contribution in [0.4, 0.5) is 17.6 Å². The van der Waals surface area contributed by atoms with Crippen LogP contribution in [0.15, 0.2) is 6.07 Å². The minimum Gasteiger partial charge on any atom is -0.477 e. The summed E-state index contributed by atoms with van der Waals surface area (Å²) in [7, 11) is 0. The van der Waals surface area contributed by atoms with Crippen molar-refractivity contribution in [3.8, 4) is 5.88 Å². The second-order valence-corrected chi connectivity index (χ2v) is 3.03. The zero-order valence-electron chi connectivity index (χ0n) is 7.89. The number of carboxylic acids is 1. The topological polar surface area (TPSA) is 59.4 Å². The molecule has 0 saturated heterocycles. The first-order valence-electron chi connectivity index (χ1n) is 3.99. The van der Waals surface area contributed by atoms with Gasteiger partial charge in [-0.1, -0.05) is 0 Å². The zero-order valence-corrected chi connectivity index (χ0v) is 8.64. The Bertz CT molecular complexity index is 449. The van der Waals surface area contributed by atoms with Crippen molar-refractivity contribution in [1.29, 1.82) is 0 Å². The summed E-state index contributed by atoms with van der Waals surface area (Å²) < 4.78 is 52.3. The molecule has 0 aliphatic heterocycles. The van der Waals surface area contributed by atoms with Gasteiger partial charge in [0.25, 0.3) is 0 Å². The lowest BCUT2D eigenvalue weighted by molar-refractivity contribution is -0.276. The van der Waals surface area contributed by atoms with Crippen LogP contribution in [-0.2, 0) is 5.88 Å². The average Bonchev–Trinajstić information content (AvgIpc) is 2.13. The third kappa shape index (κ3) is 3.45. The van der Waals surface area contributed by atoms with Crippen LogP contribution in [-0.4, -0.2) is 22.4 Å². The number of hydrogen-bond donors (Lipinski definition) is 1. The molecule has 0 unspecified atom stereocenters. The molecule has 1 heterocycles. The first-order valence-corrected chi connectivity index (χ1v) is 4.52. The molecule has 4 nitrogen and oxygen atoms in total. The van der Waals surface area contributed by atoms with Gasteiger partial charge in [-0.2, -0.15) is 0 Å². The predicted molar refractivity (Wildman–Crippen MR) is 47.4 cm³/mol. The van der Waals surface area contributed by atoms with E-state index >= 15 is 0 Å². The predicted octanol–water partition coefficient (Wildman–Crippen LogP) is 2.56. The minimum absolute atomic E-state index is 0.270. The van der Waals surface area contributed by atoms with Crippen molar-refractivity contribution in [3.63, 3.8) is 0 Å². The smallest absolute Gasteiger partial charge is 0.477 e. The number of aromatic nitrogens is 1. The summed E-state index contributed by atoms with van der Waals surface area (Å²) in [6.07, 6.45) is -5.17. The molecule has 1 aromatic heterocycles. The number of ether oxygens (including phenoxy) is 1. The van der Waals surface area contributed by atoms with E-state index in [1.54, 1.807) is 0 Å². The number of nitrogens with zero attached hydrogens (tertiary/aromatic N) is 1. The number of alkyl halides is 4. The molecule has 0 spiro atoms.